The zero-order chi connectivity index (χ0) is 29.0. The summed E-state index contributed by atoms with van der Waals surface area (Å²) in [6.45, 7) is 24.7. The predicted octanol–water partition coefficient (Wildman–Crippen LogP) is 7.26. The monoisotopic (exact) mass is 537 g/mol. The summed E-state index contributed by atoms with van der Waals surface area (Å²) < 4.78 is 18.0. The van der Waals surface area contributed by atoms with Crippen LogP contribution >= 0.6 is 0 Å². The molecule has 0 aromatic carbocycles. The average molecular weight is 538 g/mol. The number of anilines is 1. The molecule has 214 valence electrons. The quantitative estimate of drug-likeness (QED) is 0.295. The van der Waals surface area contributed by atoms with Crippen molar-refractivity contribution in [1.82, 2.24) is 9.97 Å². The van der Waals surface area contributed by atoms with Crippen molar-refractivity contribution >= 4 is 17.7 Å². The van der Waals surface area contributed by atoms with Gasteiger partial charge < -0.3 is 19.1 Å². The fourth-order valence-corrected chi connectivity index (χ4v) is 4.58. The van der Waals surface area contributed by atoms with Crippen LogP contribution in [0.5, 0.6) is 5.75 Å². The largest absolute Gasteiger partial charge is 0.492 e. The van der Waals surface area contributed by atoms with E-state index in [4.69, 9.17) is 24.2 Å². The Kier molecular flexibility index (Phi) is 9.81. The van der Waals surface area contributed by atoms with Crippen molar-refractivity contribution in [2.45, 2.75) is 93.0 Å². The van der Waals surface area contributed by atoms with Gasteiger partial charge in [-0.1, -0.05) is 34.3 Å². The molecule has 0 bridgehead atoms. The maximum absolute atomic E-state index is 13.6. The Morgan fingerprint density at radius 3 is 2.28 bits per heavy atom. The lowest BCUT2D eigenvalue weighted by molar-refractivity contribution is -0.171. The SMILES string of the molecule is C=Cc1ncc(-c2ccc(OCC(C)C)cn2)c(N2CCC(C)(C)CC2)c1[C@H](OC(C)(C)C)C(=O)OC(C)C. The summed E-state index contributed by atoms with van der Waals surface area (Å²) in [7, 11) is 0. The molecule has 2 aromatic heterocycles. The molecule has 3 heterocycles. The molecular weight excluding hydrogens is 490 g/mol. The number of carbonyl (C=O) groups excluding carboxylic acids is 1. The fraction of sp³-hybridized carbons (Fsp3) is 0.594. The summed E-state index contributed by atoms with van der Waals surface area (Å²) in [5, 5.41) is 0. The number of ether oxygens (including phenoxy) is 3. The van der Waals surface area contributed by atoms with Crippen LogP contribution in [0.25, 0.3) is 17.3 Å². The molecule has 2 aromatic rings. The van der Waals surface area contributed by atoms with E-state index >= 15 is 0 Å². The van der Waals surface area contributed by atoms with Gasteiger partial charge in [0.25, 0.3) is 0 Å². The van der Waals surface area contributed by atoms with E-state index in [0.717, 1.165) is 48.6 Å². The van der Waals surface area contributed by atoms with E-state index in [1.54, 1.807) is 12.3 Å². The van der Waals surface area contributed by atoms with Gasteiger partial charge in [0.1, 0.15) is 5.75 Å². The molecule has 0 saturated carbocycles. The van der Waals surface area contributed by atoms with Crippen LogP contribution in [0.4, 0.5) is 5.69 Å². The molecule has 1 atom stereocenters. The zero-order valence-corrected chi connectivity index (χ0v) is 25.3. The Morgan fingerprint density at radius 1 is 1.10 bits per heavy atom. The number of aromatic nitrogens is 2. The molecule has 1 fully saturated rings. The summed E-state index contributed by atoms with van der Waals surface area (Å²) in [6, 6.07) is 3.89. The maximum atomic E-state index is 13.6. The van der Waals surface area contributed by atoms with Crippen molar-refractivity contribution < 1.29 is 19.0 Å². The van der Waals surface area contributed by atoms with E-state index < -0.39 is 17.7 Å². The molecule has 0 aliphatic carbocycles. The lowest BCUT2D eigenvalue weighted by atomic mass is 9.82. The zero-order valence-electron chi connectivity index (χ0n) is 25.3. The predicted molar refractivity (Wildman–Crippen MR) is 158 cm³/mol. The van der Waals surface area contributed by atoms with Crippen molar-refractivity contribution in [1.29, 1.82) is 0 Å². The molecule has 1 aliphatic heterocycles. The first-order chi connectivity index (χ1) is 18.2. The van der Waals surface area contributed by atoms with Crippen LogP contribution in [0.3, 0.4) is 0 Å². The first-order valence-corrected chi connectivity index (χ1v) is 14.1. The van der Waals surface area contributed by atoms with Gasteiger partial charge in [-0.05, 0) is 77.0 Å². The van der Waals surface area contributed by atoms with E-state index in [1.807, 2.05) is 52.9 Å². The van der Waals surface area contributed by atoms with Gasteiger partial charge in [-0.2, -0.15) is 0 Å². The lowest BCUT2D eigenvalue weighted by Crippen LogP contribution is -2.39. The molecule has 1 aliphatic rings. The Hall–Kier alpha value is -2.93. The van der Waals surface area contributed by atoms with Crippen LogP contribution in [0.1, 0.15) is 92.5 Å². The number of hydrogen-bond donors (Lipinski definition) is 0. The summed E-state index contributed by atoms with van der Waals surface area (Å²) in [6.07, 6.45) is 6.04. The van der Waals surface area contributed by atoms with Gasteiger partial charge in [-0.3, -0.25) is 9.97 Å². The van der Waals surface area contributed by atoms with E-state index in [9.17, 15) is 4.79 Å². The molecular formula is C32H47N3O4. The van der Waals surface area contributed by atoms with Gasteiger partial charge in [0.15, 0.2) is 6.10 Å². The first kappa shape index (κ1) is 30.6. The topological polar surface area (TPSA) is 73.8 Å². The second kappa shape index (κ2) is 12.5. The third kappa shape index (κ3) is 8.28. The van der Waals surface area contributed by atoms with Crippen molar-refractivity contribution in [2.75, 3.05) is 24.6 Å². The van der Waals surface area contributed by atoms with E-state index in [0.29, 0.717) is 23.8 Å². The van der Waals surface area contributed by atoms with E-state index in [2.05, 4.69) is 39.2 Å². The molecule has 3 rings (SSSR count). The summed E-state index contributed by atoms with van der Waals surface area (Å²) in [5.41, 5.74) is 3.40. The third-order valence-corrected chi connectivity index (χ3v) is 6.64. The molecule has 39 heavy (non-hydrogen) atoms. The second-order valence-corrected chi connectivity index (χ2v) is 12.9. The number of piperidine rings is 1. The fourth-order valence-electron chi connectivity index (χ4n) is 4.58. The Labute approximate surface area is 235 Å². The van der Waals surface area contributed by atoms with Crippen LogP contribution < -0.4 is 9.64 Å². The number of esters is 1. The van der Waals surface area contributed by atoms with Crippen molar-refractivity contribution in [3.8, 4) is 17.0 Å². The smallest absolute Gasteiger partial charge is 0.340 e. The van der Waals surface area contributed by atoms with Gasteiger partial charge in [-0.15, -0.1) is 0 Å². The molecule has 0 N–H and O–H groups in total. The summed E-state index contributed by atoms with van der Waals surface area (Å²) >= 11 is 0. The lowest BCUT2D eigenvalue weighted by Gasteiger charge is -2.41. The van der Waals surface area contributed by atoms with E-state index in [-0.39, 0.29) is 11.5 Å². The van der Waals surface area contributed by atoms with Gasteiger partial charge >= 0.3 is 5.97 Å². The van der Waals surface area contributed by atoms with Crippen molar-refractivity contribution in [2.24, 2.45) is 11.3 Å². The highest BCUT2D eigenvalue weighted by atomic mass is 16.6. The van der Waals surface area contributed by atoms with Gasteiger partial charge in [-0.25, -0.2) is 4.79 Å². The summed E-state index contributed by atoms with van der Waals surface area (Å²) in [4.78, 5) is 25.5. The van der Waals surface area contributed by atoms with E-state index in [1.165, 1.54) is 0 Å². The Morgan fingerprint density at radius 2 is 1.77 bits per heavy atom. The minimum Gasteiger partial charge on any atom is -0.492 e. The Bertz CT molecular complexity index is 1120. The molecule has 0 radical (unpaired) electrons. The number of pyridine rings is 2. The van der Waals surface area contributed by atoms with Gasteiger partial charge in [0.2, 0.25) is 0 Å². The molecule has 0 unspecified atom stereocenters. The highest BCUT2D eigenvalue weighted by molar-refractivity contribution is 5.87. The number of nitrogens with zero attached hydrogens (tertiary/aromatic N) is 3. The number of rotatable bonds is 10. The van der Waals surface area contributed by atoms with Crippen LogP contribution in [0, 0.1) is 11.3 Å². The highest BCUT2D eigenvalue weighted by Gasteiger charge is 2.37. The number of carbonyl (C=O) groups is 1. The van der Waals surface area contributed by atoms with Crippen LogP contribution in [-0.2, 0) is 14.3 Å². The first-order valence-electron chi connectivity index (χ1n) is 14.1. The normalized spacial score (nSPS) is 16.3. The van der Waals surface area contributed by atoms with Crippen LogP contribution in [0.2, 0.25) is 0 Å². The van der Waals surface area contributed by atoms with Crippen LogP contribution in [0.15, 0.2) is 31.1 Å². The maximum Gasteiger partial charge on any atom is 0.340 e. The number of hydrogen-bond acceptors (Lipinski definition) is 7. The average Bonchev–Trinajstić information content (AvgIpc) is 2.84. The minimum absolute atomic E-state index is 0.247. The Balaban J connectivity index is 2.22. The molecule has 0 spiro atoms. The van der Waals surface area contributed by atoms with Crippen molar-refractivity contribution in [3.63, 3.8) is 0 Å². The summed E-state index contributed by atoms with van der Waals surface area (Å²) in [5.74, 6) is 0.702. The molecule has 0 amide bonds. The molecule has 7 heteroatoms. The third-order valence-electron chi connectivity index (χ3n) is 6.64. The second-order valence-electron chi connectivity index (χ2n) is 12.9. The molecule has 1 saturated heterocycles. The molecule has 7 nitrogen and oxygen atoms in total. The minimum atomic E-state index is -0.980. The van der Waals surface area contributed by atoms with Crippen LogP contribution in [-0.4, -0.2) is 47.3 Å². The van der Waals surface area contributed by atoms with Crippen molar-refractivity contribution in [3.05, 3.63) is 42.4 Å². The van der Waals surface area contributed by atoms with Gasteiger partial charge in [0, 0.05) is 30.4 Å². The highest BCUT2D eigenvalue weighted by Crippen LogP contribution is 2.44. The van der Waals surface area contributed by atoms with Gasteiger partial charge in [0.05, 0.1) is 41.6 Å². The standard InChI is InChI=1S/C32H47N3O4/c1-11-25-27(29(39-31(6,7)8)30(36)38-22(4)5)28(35-16-14-32(9,10)15-17-35)24(19-34-25)26-13-12-23(18-33-26)37-20-21(2)3/h11-13,18-19,21-22,29H,1,14-17,20H2,2-10H3/t29-/m0/s1.